The van der Waals surface area contributed by atoms with Gasteiger partial charge in [-0.15, -0.1) is 4.28 Å². The highest BCUT2D eigenvalue weighted by Crippen LogP contribution is 2.19. The summed E-state index contributed by atoms with van der Waals surface area (Å²) in [7, 11) is -4.21. The number of rotatable bonds is 4. The summed E-state index contributed by atoms with van der Waals surface area (Å²) in [6, 6.07) is 6.93. The van der Waals surface area contributed by atoms with Crippen LogP contribution in [0, 0.1) is 3.57 Å². The first kappa shape index (κ1) is 17.3. The zero-order chi connectivity index (χ0) is 15.6. The molecule has 1 amide bonds. The third-order valence-corrected chi connectivity index (χ3v) is 3.47. The van der Waals surface area contributed by atoms with E-state index in [1.54, 1.807) is 45.0 Å². The first-order chi connectivity index (χ1) is 9.02. The fourth-order valence-electron chi connectivity index (χ4n) is 1.33. The number of halogens is 1. The van der Waals surface area contributed by atoms with Gasteiger partial charge in [0, 0.05) is 3.57 Å². The predicted molar refractivity (Wildman–Crippen MR) is 82.4 cm³/mol. The number of benzene rings is 1. The Hall–Kier alpha value is -0.750. The Bertz CT molecular complexity index is 598. The van der Waals surface area contributed by atoms with Gasteiger partial charge in [0.1, 0.15) is 0 Å². The number of hydrogen-bond donors (Lipinski definition) is 2. The second-order valence-corrected chi connectivity index (χ2v) is 7.27. The molecule has 0 aliphatic heterocycles. The van der Waals surface area contributed by atoms with Crippen molar-refractivity contribution in [2.24, 2.45) is 5.14 Å². The molecule has 1 aromatic carbocycles. The van der Waals surface area contributed by atoms with Gasteiger partial charge in [-0.05, 0) is 55.5 Å². The van der Waals surface area contributed by atoms with Gasteiger partial charge < -0.3 is 0 Å². The van der Waals surface area contributed by atoms with Gasteiger partial charge in [0.05, 0.1) is 11.1 Å². The Labute approximate surface area is 131 Å². The molecule has 9 heteroatoms. The van der Waals surface area contributed by atoms with Gasteiger partial charge in [-0.2, -0.15) is 8.42 Å². The lowest BCUT2D eigenvalue weighted by Gasteiger charge is -2.34. The molecular weight excluding hydrogens is 397 g/mol. The number of nitrogens with zero attached hydrogens (tertiary/aromatic N) is 1. The molecule has 0 heterocycles. The predicted octanol–water partition coefficient (Wildman–Crippen LogP) is 1.17. The van der Waals surface area contributed by atoms with E-state index in [2.05, 4.69) is 9.87 Å². The molecule has 0 saturated heterocycles. The SMILES string of the molecule is CC(C)(C)N(NOS(N)(=O)=O)C(=O)c1ccccc1I. The van der Waals surface area contributed by atoms with Crippen LogP contribution >= 0.6 is 22.6 Å². The molecular formula is C11H16IN3O4S. The summed E-state index contributed by atoms with van der Waals surface area (Å²) in [5.74, 6) is -0.425. The lowest BCUT2D eigenvalue weighted by molar-refractivity contribution is -0.0305. The normalized spacial score (nSPS) is 12.2. The van der Waals surface area contributed by atoms with Crippen molar-refractivity contribution in [2.45, 2.75) is 26.3 Å². The van der Waals surface area contributed by atoms with E-state index in [1.807, 2.05) is 22.6 Å². The van der Waals surface area contributed by atoms with Crippen molar-refractivity contribution >= 4 is 38.8 Å². The standard InChI is InChI=1S/C11H16IN3O4S/c1-11(2,3)15(14-19-20(13,17)18)10(16)8-6-4-5-7-9(8)12/h4-7,14H,1-3H3,(H2,13,17,18). The summed E-state index contributed by atoms with van der Waals surface area (Å²) in [5, 5.41) is 5.81. The Morgan fingerprint density at radius 3 is 2.35 bits per heavy atom. The number of carbonyl (C=O) groups is 1. The molecule has 0 aromatic heterocycles. The summed E-state index contributed by atoms with van der Waals surface area (Å²) in [6.45, 7) is 5.17. The summed E-state index contributed by atoms with van der Waals surface area (Å²) in [5.41, 5.74) is 1.80. The first-order valence-electron chi connectivity index (χ1n) is 5.58. The molecule has 0 saturated carbocycles. The minimum atomic E-state index is -4.21. The van der Waals surface area contributed by atoms with Crippen LogP contribution in [0.5, 0.6) is 0 Å². The van der Waals surface area contributed by atoms with Crippen molar-refractivity contribution in [1.29, 1.82) is 0 Å². The van der Waals surface area contributed by atoms with Crippen molar-refractivity contribution in [3.8, 4) is 0 Å². The average Bonchev–Trinajstić information content (AvgIpc) is 2.26. The Kier molecular flexibility index (Phi) is 5.49. The Morgan fingerprint density at radius 1 is 1.35 bits per heavy atom. The van der Waals surface area contributed by atoms with Gasteiger partial charge in [-0.1, -0.05) is 17.7 Å². The van der Waals surface area contributed by atoms with Gasteiger partial charge >= 0.3 is 10.3 Å². The van der Waals surface area contributed by atoms with Crippen LogP contribution in [0.3, 0.4) is 0 Å². The van der Waals surface area contributed by atoms with Crippen LogP contribution in [0.15, 0.2) is 24.3 Å². The van der Waals surface area contributed by atoms with Gasteiger partial charge in [0.15, 0.2) is 0 Å². The van der Waals surface area contributed by atoms with Gasteiger partial charge in [0.25, 0.3) is 5.91 Å². The van der Waals surface area contributed by atoms with Crippen LogP contribution in [0.4, 0.5) is 0 Å². The topological polar surface area (TPSA) is 102 Å². The minimum Gasteiger partial charge on any atom is -0.267 e. The molecule has 7 nitrogen and oxygen atoms in total. The number of nitrogens with one attached hydrogen (secondary N) is 1. The smallest absolute Gasteiger partial charge is 0.267 e. The molecule has 0 spiro atoms. The van der Waals surface area contributed by atoms with Crippen molar-refractivity contribution in [3.05, 3.63) is 33.4 Å². The van der Waals surface area contributed by atoms with E-state index in [0.717, 1.165) is 8.58 Å². The number of hydrazine groups is 1. The minimum absolute atomic E-state index is 0.425. The molecule has 0 aliphatic carbocycles. The lowest BCUT2D eigenvalue weighted by Crippen LogP contribution is -2.54. The van der Waals surface area contributed by atoms with E-state index in [4.69, 9.17) is 5.14 Å². The largest absolute Gasteiger partial charge is 0.350 e. The molecule has 1 rings (SSSR count). The van der Waals surface area contributed by atoms with E-state index >= 15 is 0 Å². The molecule has 0 bridgehead atoms. The highest BCUT2D eigenvalue weighted by atomic mass is 127. The molecule has 0 radical (unpaired) electrons. The van der Waals surface area contributed by atoms with E-state index in [9.17, 15) is 13.2 Å². The quantitative estimate of drug-likeness (QED) is 0.570. The van der Waals surface area contributed by atoms with E-state index < -0.39 is 21.8 Å². The molecule has 0 aliphatic rings. The van der Waals surface area contributed by atoms with E-state index in [-0.39, 0.29) is 0 Å². The number of carbonyl (C=O) groups excluding carboxylic acids is 1. The van der Waals surface area contributed by atoms with Crippen LogP contribution in [-0.4, -0.2) is 24.9 Å². The number of nitrogens with two attached hydrogens (primary N) is 1. The molecule has 20 heavy (non-hydrogen) atoms. The zero-order valence-electron chi connectivity index (χ0n) is 11.3. The van der Waals surface area contributed by atoms with Crippen LogP contribution in [-0.2, 0) is 14.6 Å². The van der Waals surface area contributed by atoms with Crippen LogP contribution < -0.4 is 10.7 Å². The fraction of sp³-hybridized carbons (Fsp3) is 0.364. The van der Waals surface area contributed by atoms with Crippen molar-refractivity contribution in [2.75, 3.05) is 0 Å². The van der Waals surface area contributed by atoms with Crippen LogP contribution in [0.2, 0.25) is 0 Å². The first-order valence-corrected chi connectivity index (χ1v) is 8.13. The average molecular weight is 413 g/mol. The lowest BCUT2D eigenvalue weighted by atomic mass is 10.1. The number of hydrogen-bond acceptors (Lipinski definition) is 5. The number of amides is 1. The molecule has 1 aromatic rings. The van der Waals surface area contributed by atoms with Gasteiger partial charge in [-0.3, -0.25) is 4.79 Å². The van der Waals surface area contributed by atoms with Crippen molar-refractivity contribution in [1.82, 2.24) is 10.6 Å². The molecule has 0 unspecified atom stereocenters. The summed E-state index contributed by atoms with van der Waals surface area (Å²) < 4.78 is 26.7. The molecule has 112 valence electrons. The third kappa shape index (κ3) is 4.98. The maximum Gasteiger partial charge on any atom is 0.350 e. The summed E-state index contributed by atoms with van der Waals surface area (Å²) >= 11 is 2.02. The van der Waals surface area contributed by atoms with Crippen LogP contribution in [0.25, 0.3) is 0 Å². The second-order valence-electron chi connectivity index (χ2n) is 4.96. The maximum atomic E-state index is 12.5. The third-order valence-electron chi connectivity index (χ3n) is 2.22. The van der Waals surface area contributed by atoms with Crippen LogP contribution in [0.1, 0.15) is 31.1 Å². The Morgan fingerprint density at radius 2 is 1.90 bits per heavy atom. The van der Waals surface area contributed by atoms with E-state index in [1.165, 1.54) is 0 Å². The van der Waals surface area contributed by atoms with Crippen molar-refractivity contribution in [3.63, 3.8) is 0 Å². The second kappa shape index (κ2) is 6.35. The van der Waals surface area contributed by atoms with Gasteiger partial charge in [-0.25, -0.2) is 10.1 Å². The highest BCUT2D eigenvalue weighted by molar-refractivity contribution is 14.1. The van der Waals surface area contributed by atoms with E-state index in [0.29, 0.717) is 5.56 Å². The molecule has 3 N–H and O–H groups in total. The summed E-state index contributed by atoms with van der Waals surface area (Å²) in [6.07, 6.45) is 0. The Balaban J connectivity index is 3.06. The van der Waals surface area contributed by atoms with Crippen molar-refractivity contribution < 1.29 is 17.5 Å². The monoisotopic (exact) mass is 413 g/mol. The van der Waals surface area contributed by atoms with Gasteiger partial charge in [0.2, 0.25) is 0 Å². The maximum absolute atomic E-state index is 12.5. The highest BCUT2D eigenvalue weighted by Gasteiger charge is 2.30. The summed E-state index contributed by atoms with van der Waals surface area (Å²) in [4.78, 5) is 12.5. The molecule has 0 fully saturated rings. The molecule has 0 atom stereocenters. The fourth-order valence-corrected chi connectivity index (χ4v) is 2.12. The zero-order valence-corrected chi connectivity index (χ0v) is 14.2.